The molecule has 3 atom stereocenters. The molecule has 3 aliphatic heterocycles. The van der Waals surface area contributed by atoms with E-state index in [9.17, 15) is 19.5 Å². The summed E-state index contributed by atoms with van der Waals surface area (Å²) in [6, 6.07) is 7.02. The molecule has 2 aromatic rings. The van der Waals surface area contributed by atoms with Crippen molar-refractivity contribution >= 4 is 30.1 Å². The number of amides is 3. The van der Waals surface area contributed by atoms with Gasteiger partial charge >= 0.3 is 0 Å². The SMILES string of the molecule is CCCCN1C(=O)[C@@H]([C@H](O)C2CCCCC2)NC(=O)C12CCN(C(c1ccc(C(=O)N3CCCC3)cc1)c1c(C)n[nH]c1C)CC2.Cl. The van der Waals surface area contributed by atoms with Crippen molar-refractivity contribution < 1.29 is 19.5 Å². The van der Waals surface area contributed by atoms with E-state index >= 15 is 0 Å². The van der Waals surface area contributed by atoms with E-state index in [-0.39, 0.29) is 42.1 Å². The van der Waals surface area contributed by atoms with E-state index in [0.29, 0.717) is 38.0 Å². The normalized spacial score (nSPS) is 23.4. The minimum absolute atomic E-state index is 0. The summed E-state index contributed by atoms with van der Waals surface area (Å²) in [5.74, 6) is -0.120. The molecule has 3 N–H and O–H groups in total. The average molecular weight is 669 g/mol. The van der Waals surface area contributed by atoms with E-state index in [1.54, 1.807) is 0 Å². The lowest BCUT2D eigenvalue weighted by atomic mass is 9.77. The molecule has 1 aliphatic carbocycles. The second kappa shape index (κ2) is 15.1. The van der Waals surface area contributed by atoms with Crippen molar-refractivity contribution in [3.8, 4) is 0 Å². The lowest BCUT2D eigenvalue weighted by molar-refractivity contribution is -0.166. The van der Waals surface area contributed by atoms with Gasteiger partial charge in [0.05, 0.1) is 17.8 Å². The van der Waals surface area contributed by atoms with Crippen molar-refractivity contribution in [2.45, 2.75) is 115 Å². The molecule has 1 aromatic heterocycles. The molecule has 4 aliphatic rings. The summed E-state index contributed by atoms with van der Waals surface area (Å²) in [4.78, 5) is 47.5. The Hall–Kier alpha value is -2.95. The van der Waals surface area contributed by atoms with E-state index < -0.39 is 17.7 Å². The van der Waals surface area contributed by atoms with Gasteiger partial charge < -0.3 is 20.2 Å². The maximum absolute atomic E-state index is 14.1. The predicted molar refractivity (Wildman–Crippen MR) is 183 cm³/mol. The Morgan fingerprint density at radius 1 is 1.00 bits per heavy atom. The molecule has 0 bridgehead atoms. The number of hydrogen-bond acceptors (Lipinski definition) is 6. The lowest BCUT2D eigenvalue weighted by Crippen LogP contribution is -2.75. The molecule has 1 saturated carbocycles. The van der Waals surface area contributed by atoms with E-state index in [2.05, 4.69) is 39.5 Å². The Balaban J connectivity index is 0.00000433. The Kier molecular flexibility index (Phi) is 11.3. The van der Waals surface area contributed by atoms with Gasteiger partial charge in [0.25, 0.3) is 5.91 Å². The summed E-state index contributed by atoms with van der Waals surface area (Å²) in [5, 5.41) is 22.0. The van der Waals surface area contributed by atoms with Crippen molar-refractivity contribution in [2.75, 3.05) is 32.7 Å². The van der Waals surface area contributed by atoms with Gasteiger partial charge in [-0.25, -0.2) is 0 Å². The molecular formula is C36H53ClN6O4. The zero-order valence-electron chi connectivity index (χ0n) is 28.3. The number of unbranched alkanes of at least 4 members (excludes halogenated alkanes) is 1. The minimum atomic E-state index is -0.928. The number of carbonyl (C=O) groups excluding carboxylic acids is 3. The molecule has 47 heavy (non-hydrogen) atoms. The van der Waals surface area contributed by atoms with Crippen LogP contribution in [0.25, 0.3) is 0 Å². The third kappa shape index (κ3) is 6.83. The van der Waals surface area contributed by atoms with E-state index in [1.807, 2.05) is 35.8 Å². The quantitative estimate of drug-likeness (QED) is 0.357. The summed E-state index contributed by atoms with van der Waals surface area (Å²) in [6.45, 7) is 9.53. The number of benzene rings is 1. The van der Waals surface area contributed by atoms with E-state index in [4.69, 9.17) is 0 Å². The first-order chi connectivity index (χ1) is 22.2. The molecule has 6 rings (SSSR count). The van der Waals surface area contributed by atoms with Gasteiger partial charge in [0.15, 0.2) is 0 Å². The zero-order valence-corrected chi connectivity index (χ0v) is 29.1. The van der Waals surface area contributed by atoms with Gasteiger partial charge in [-0.15, -0.1) is 12.4 Å². The van der Waals surface area contributed by atoms with Crippen LogP contribution in [0.2, 0.25) is 0 Å². The summed E-state index contributed by atoms with van der Waals surface area (Å²) < 4.78 is 0. The molecule has 3 saturated heterocycles. The summed E-state index contributed by atoms with van der Waals surface area (Å²) in [7, 11) is 0. The fourth-order valence-electron chi connectivity index (χ4n) is 8.54. The number of aliphatic hydroxyl groups excluding tert-OH is 1. The van der Waals surface area contributed by atoms with E-state index in [1.165, 1.54) is 0 Å². The maximum Gasteiger partial charge on any atom is 0.253 e. The van der Waals surface area contributed by atoms with Crippen LogP contribution in [0.5, 0.6) is 0 Å². The molecule has 258 valence electrons. The second-order valence-corrected chi connectivity index (χ2v) is 14.1. The molecule has 10 nitrogen and oxygen atoms in total. The molecule has 1 spiro atoms. The smallest absolute Gasteiger partial charge is 0.253 e. The van der Waals surface area contributed by atoms with Crippen LogP contribution in [-0.2, 0) is 9.59 Å². The Morgan fingerprint density at radius 2 is 1.66 bits per heavy atom. The number of aryl methyl sites for hydroxylation is 2. The molecule has 1 aromatic carbocycles. The number of halogens is 1. The molecule has 1 unspecified atom stereocenters. The van der Waals surface area contributed by atoms with Crippen molar-refractivity contribution in [3.05, 3.63) is 52.3 Å². The van der Waals surface area contributed by atoms with Gasteiger partial charge in [0.1, 0.15) is 11.6 Å². The van der Waals surface area contributed by atoms with Crippen LogP contribution < -0.4 is 5.32 Å². The number of rotatable bonds is 9. The number of hydrogen-bond donors (Lipinski definition) is 3. The van der Waals surface area contributed by atoms with Crippen LogP contribution in [0, 0.1) is 19.8 Å². The first-order valence-electron chi connectivity index (χ1n) is 17.7. The molecule has 3 amide bonds. The predicted octanol–water partition coefficient (Wildman–Crippen LogP) is 4.68. The molecular weight excluding hydrogens is 616 g/mol. The Labute approximate surface area is 285 Å². The average Bonchev–Trinajstić information content (AvgIpc) is 3.74. The van der Waals surface area contributed by atoms with Gasteiger partial charge in [-0.2, -0.15) is 5.10 Å². The molecule has 4 fully saturated rings. The Bertz CT molecular complexity index is 1370. The minimum Gasteiger partial charge on any atom is -0.390 e. The number of nitrogens with one attached hydrogen (secondary N) is 2. The van der Waals surface area contributed by atoms with Gasteiger partial charge in [-0.05, 0) is 82.4 Å². The monoisotopic (exact) mass is 668 g/mol. The van der Waals surface area contributed by atoms with Crippen LogP contribution >= 0.6 is 12.4 Å². The van der Waals surface area contributed by atoms with Crippen LogP contribution in [0.1, 0.15) is 116 Å². The number of aliphatic hydroxyl groups is 1. The number of piperazine rings is 1. The number of carbonyl (C=O) groups is 3. The molecule has 0 radical (unpaired) electrons. The first kappa shape index (κ1) is 35.4. The van der Waals surface area contributed by atoms with Crippen LogP contribution in [-0.4, -0.2) is 98.1 Å². The van der Waals surface area contributed by atoms with Crippen molar-refractivity contribution in [1.29, 1.82) is 0 Å². The highest BCUT2D eigenvalue weighted by Gasteiger charge is 2.55. The van der Waals surface area contributed by atoms with E-state index in [0.717, 1.165) is 93.4 Å². The number of likely N-dealkylation sites (tertiary alicyclic amines) is 2. The van der Waals surface area contributed by atoms with Gasteiger partial charge in [0.2, 0.25) is 11.8 Å². The van der Waals surface area contributed by atoms with Crippen LogP contribution in [0.4, 0.5) is 0 Å². The third-order valence-corrected chi connectivity index (χ3v) is 11.3. The summed E-state index contributed by atoms with van der Waals surface area (Å²) in [6.07, 6.45) is 9.10. The van der Waals surface area contributed by atoms with Gasteiger partial charge in [-0.3, -0.25) is 24.4 Å². The zero-order chi connectivity index (χ0) is 32.4. The summed E-state index contributed by atoms with van der Waals surface area (Å²) >= 11 is 0. The third-order valence-electron chi connectivity index (χ3n) is 11.3. The lowest BCUT2D eigenvalue weighted by Gasteiger charge is -2.53. The van der Waals surface area contributed by atoms with Crippen molar-refractivity contribution in [2.24, 2.45) is 5.92 Å². The van der Waals surface area contributed by atoms with Crippen molar-refractivity contribution in [1.82, 2.24) is 30.2 Å². The van der Waals surface area contributed by atoms with Gasteiger partial charge in [0, 0.05) is 49.5 Å². The van der Waals surface area contributed by atoms with Crippen molar-refractivity contribution in [3.63, 3.8) is 0 Å². The maximum atomic E-state index is 14.1. The van der Waals surface area contributed by atoms with Crippen LogP contribution in [0.15, 0.2) is 24.3 Å². The fourth-order valence-corrected chi connectivity index (χ4v) is 8.54. The summed E-state index contributed by atoms with van der Waals surface area (Å²) in [5.41, 5.74) is 3.88. The highest BCUT2D eigenvalue weighted by atomic mass is 35.5. The topological polar surface area (TPSA) is 122 Å². The molecule has 11 heteroatoms. The molecule has 4 heterocycles. The Morgan fingerprint density at radius 3 is 2.26 bits per heavy atom. The van der Waals surface area contributed by atoms with Gasteiger partial charge in [-0.1, -0.05) is 44.7 Å². The second-order valence-electron chi connectivity index (χ2n) is 14.1. The number of H-pyrrole nitrogens is 1. The number of aromatic amines is 1. The standard InChI is InChI=1S/C36H52N6O4.ClH/c1-4-5-21-42-34(45)30(32(43)27-11-7-6-8-12-27)37-35(46)36(42)17-22-40(23-18-36)31(29-24(2)38-39-25(29)3)26-13-15-28(16-14-26)33(44)41-19-9-10-20-41;/h13-16,27,30-32,43H,4-12,17-23H2,1-3H3,(H,37,46)(H,38,39);1H/t30-,31?,32-;/m1./s1. The fraction of sp³-hybridized carbons (Fsp3) is 0.667. The number of aromatic nitrogens is 2. The largest absolute Gasteiger partial charge is 0.390 e. The first-order valence-corrected chi connectivity index (χ1v) is 17.7. The van der Waals surface area contributed by atoms with Crippen LogP contribution in [0.3, 0.4) is 0 Å². The highest BCUT2D eigenvalue weighted by molar-refractivity contribution is 6.00. The highest BCUT2D eigenvalue weighted by Crippen LogP contribution is 2.40. The number of nitrogens with zero attached hydrogens (tertiary/aromatic N) is 4. The number of piperidine rings is 1.